The molecule has 86 valence electrons. The van der Waals surface area contributed by atoms with Crippen LogP contribution in [0.1, 0.15) is 33.6 Å². The average molecular weight is 216 g/mol. The van der Waals surface area contributed by atoms with Crippen molar-refractivity contribution in [1.29, 1.82) is 0 Å². The molecule has 0 atom stereocenters. The van der Waals surface area contributed by atoms with Crippen molar-refractivity contribution in [3.8, 4) is 0 Å². The van der Waals surface area contributed by atoms with Gasteiger partial charge in [0, 0.05) is 18.3 Å². The lowest BCUT2D eigenvalue weighted by atomic mass is 9.72. The summed E-state index contributed by atoms with van der Waals surface area (Å²) in [7, 11) is 0. The van der Waals surface area contributed by atoms with Crippen LogP contribution in [-0.4, -0.2) is 27.9 Å². The van der Waals surface area contributed by atoms with E-state index < -0.39 is 23.3 Å². The zero-order valence-electron chi connectivity index (χ0n) is 9.11. The van der Waals surface area contributed by atoms with Crippen LogP contribution in [0.4, 0.5) is 0 Å². The second-order valence-electron chi connectivity index (χ2n) is 4.17. The molecule has 5 nitrogen and oxygen atoms in total. The van der Waals surface area contributed by atoms with Gasteiger partial charge >= 0.3 is 11.9 Å². The molecule has 0 fully saturated rings. The molecule has 0 bridgehead atoms. The van der Waals surface area contributed by atoms with Crippen LogP contribution in [0, 0.1) is 11.3 Å². The van der Waals surface area contributed by atoms with Crippen molar-refractivity contribution in [3.63, 3.8) is 0 Å². The predicted molar refractivity (Wildman–Crippen MR) is 52.5 cm³/mol. The van der Waals surface area contributed by atoms with Crippen LogP contribution in [0.5, 0.6) is 0 Å². The maximum atomic E-state index is 11.3. The van der Waals surface area contributed by atoms with Gasteiger partial charge in [0.1, 0.15) is 5.78 Å². The quantitative estimate of drug-likeness (QED) is 0.695. The molecule has 0 saturated heterocycles. The van der Waals surface area contributed by atoms with Crippen molar-refractivity contribution in [3.05, 3.63) is 0 Å². The van der Waals surface area contributed by atoms with Crippen molar-refractivity contribution >= 4 is 17.7 Å². The number of hydrogen-bond donors (Lipinski definition) is 2. The highest BCUT2D eigenvalue weighted by Gasteiger charge is 2.36. The molecule has 15 heavy (non-hydrogen) atoms. The van der Waals surface area contributed by atoms with Gasteiger partial charge < -0.3 is 10.2 Å². The summed E-state index contributed by atoms with van der Waals surface area (Å²) in [5.41, 5.74) is -0.920. The first-order valence-corrected chi connectivity index (χ1v) is 4.62. The topological polar surface area (TPSA) is 91.7 Å². The van der Waals surface area contributed by atoms with Crippen LogP contribution in [0.25, 0.3) is 0 Å². The highest BCUT2D eigenvalue weighted by molar-refractivity contribution is 5.83. The van der Waals surface area contributed by atoms with Crippen LogP contribution < -0.4 is 0 Å². The number of Topliss-reactive ketones (excluding diaryl/α,β-unsaturated/α-hetero) is 1. The Morgan fingerprint density at radius 2 is 1.40 bits per heavy atom. The molecule has 0 radical (unpaired) electrons. The molecule has 5 heteroatoms. The average Bonchev–Trinajstić information content (AvgIpc) is 2.00. The molecule has 0 aromatic rings. The van der Waals surface area contributed by atoms with Crippen LogP contribution in [-0.2, 0) is 14.4 Å². The Morgan fingerprint density at radius 1 is 1.07 bits per heavy atom. The fraction of sp³-hybridized carbons (Fsp3) is 0.700. The maximum absolute atomic E-state index is 11.3. The Hall–Kier alpha value is -1.39. The molecule has 0 aliphatic carbocycles. The lowest BCUT2D eigenvalue weighted by Crippen LogP contribution is -2.34. The van der Waals surface area contributed by atoms with Gasteiger partial charge in [0.05, 0.1) is 0 Å². The molecular weight excluding hydrogens is 200 g/mol. The summed E-state index contributed by atoms with van der Waals surface area (Å²) in [5, 5.41) is 17.3. The van der Waals surface area contributed by atoms with E-state index in [1.165, 1.54) is 6.92 Å². The van der Waals surface area contributed by atoms with E-state index in [2.05, 4.69) is 0 Å². The van der Waals surface area contributed by atoms with E-state index in [0.29, 0.717) is 0 Å². The molecule has 0 aromatic heterocycles. The number of carboxylic acid groups (broad SMARTS) is 2. The molecule has 0 aliphatic heterocycles. The van der Waals surface area contributed by atoms with Gasteiger partial charge in [-0.3, -0.25) is 14.4 Å². The molecule has 0 amide bonds. The van der Waals surface area contributed by atoms with E-state index in [1.54, 1.807) is 13.8 Å². The van der Waals surface area contributed by atoms with E-state index >= 15 is 0 Å². The van der Waals surface area contributed by atoms with Gasteiger partial charge in [-0.1, -0.05) is 13.8 Å². The Kier molecular flexibility index (Phi) is 4.45. The maximum Gasteiger partial charge on any atom is 0.303 e. The van der Waals surface area contributed by atoms with Gasteiger partial charge in [-0.2, -0.15) is 0 Å². The number of aliphatic carboxylic acids is 2. The molecule has 0 saturated carbocycles. The zero-order valence-corrected chi connectivity index (χ0v) is 9.11. The second kappa shape index (κ2) is 4.91. The monoisotopic (exact) mass is 216 g/mol. The molecule has 0 unspecified atom stereocenters. The highest BCUT2D eigenvalue weighted by Crippen LogP contribution is 2.33. The summed E-state index contributed by atoms with van der Waals surface area (Å²) in [5.74, 6) is -3.05. The summed E-state index contributed by atoms with van der Waals surface area (Å²) in [4.78, 5) is 32.4. The molecule has 0 spiro atoms. The molecule has 0 rings (SSSR count). The molecule has 2 N–H and O–H groups in total. The summed E-state index contributed by atoms with van der Waals surface area (Å²) < 4.78 is 0. The largest absolute Gasteiger partial charge is 0.481 e. The van der Waals surface area contributed by atoms with Crippen molar-refractivity contribution in [2.24, 2.45) is 11.3 Å². The van der Waals surface area contributed by atoms with Crippen molar-refractivity contribution in [1.82, 2.24) is 0 Å². The SMILES string of the molecule is CC(=O)C(C)(C)C(CC(=O)O)CC(=O)O. The van der Waals surface area contributed by atoms with Gasteiger partial charge in [0.15, 0.2) is 0 Å². The first-order valence-electron chi connectivity index (χ1n) is 4.62. The van der Waals surface area contributed by atoms with E-state index in [1.807, 2.05) is 0 Å². The van der Waals surface area contributed by atoms with E-state index in [9.17, 15) is 14.4 Å². The number of ketones is 1. The van der Waals surface area contributed by atoms with E-state index in [4.69, 9.17) is 10.2 Å². The normalized spacial score (nSPS) is 11.5. The standard InChI is InChI=1S/C10H16O5/c1-6(11)10(2,3)7(4-8(12)13)5-9(14)15/h7H,4-5H2,1-3H3,(H,12,13)(H,14,15). The minimum atomic E-state index is -1.09. The summed E-state index contributed by atoms with van der Waals surface area (Å²) in [6.07, 6.45) is -0.613. The Bertz CT molecular complexity index is 264. The summed E-state index contributed by atoms with van der Waals surface area (Å²) in [6, 6.07) is 0. The van der Waals surface area contributed by atoms with Crippen molar-refractivity contribution in [2.45, 2.75) is 33.6 Å². The number of carboxylic acids is 2. The van der Waals surface area contributed by atoms with Crippen molar-refractivity contribution in [2.75, 3.05) is 0 Å². The van der Waals surface area contributed by atoms with Crippen LogP contribution >= 0.6 is 0 Å². The molecule has 0 aromatic carbocycles. The van der Waals surface area contributed by atoms with E-state index in [-0.39, 0.29) is 18.6 Å². The third-order valence-electron chi connectivity index (χ3n) is 2.77. The van der Waals surface area contributed by atoms with Crippen LogP contribution in [0.15, 0.2) is 0 Å². The molecule has 0 heterocycles. The lowest BCUT2D eigenvalue weighted by molar-refractivity contribution is -0.144. The number of carbonyl (C=O) groups is 3. The zero-order chi connectivity index (χ0) is 12.2. The summed E-state index contributed by atoms with van der Waals surface area (Å²) >= 11 is 0. The Balaban J connectivity index is 4.83. The van der Waals surface area contributed by atoms with Gasteiger partial charge in [0.2, 0.25) is 0 Å². The van der Waals surface area contributed by atoms with Gasteiger partial charge in [-0.15, -0.1) is 0 Å². The number of carbonyl (C=O) groups excluding carboxylic acids is 1. The van der Waals surface area contributed by atoms with Crippen LogP contribution in [0.2, 0.25) is 0 Å². The Morgan fingerprint density at radius 3 is 1.60 bits per heavy atom. The molecule has 0 aliphatic rings. The lowest BCUT2D eigenvalue weighted by Gasteiger charge is -2.29. The summed E-state index contributed by atoms with van der Waals surface area (Å²) in [6.45, 7) is 4.49. The third kappa shape index (κ3) is 4.10. The predicted octanol–water partition coefficient (Wildman–Crippen LogP) is 1.17. The molecular formula is C10H16O5. The van der Waals surface area contributed by atoms with E-state index in [0.717, 1.165) is 0 Å². The fourth-order valence-corrected chi connectivity index (χ4v) is 1.29. The highest BCUT2D eigenvalue weighted by atomic mass is 16.4. The van der Waals surface area contributed by atoms with Gasteiger partial charge in [-0.25, -0.2) is 0 Å². The minimum Gasteiger partial charge on any atom is -0.481 e. The smallest absolute Gasteiger partial charge is 0.303 e. The Labute approximate surface area is 88.1 Å². The first-order chi connectivity index (χ1) is 6.67. The van der Waals surface area contributed by atoms with Crippen molar-refractivity contribution < 1.29 is 24.6 Å². The fourth-order valence-electron chi connectivity index (χ4n) is 1.29. The third-order valence-corrected chi connectivity index (χ3v) is 2.77. The van der Waals surface area contributed by atoms with Gasteiger partial charge in [0.25, 0.3) is 0 Å². The minimum absolute atomic E-state index is 0.199. The number of hydrogen-bond acceptors (Lipinski definition) is 3. The van der Waals surface area contributed by atoms with Gasteiger partial charge in [-0.05, 0) is 12.8 Å². The second-order valence-corrected chi connectivity index (χ2v) is 4.17. The van der Waals surface area contributed by atoms with Crippen LogP contribution in [0.3, 0.4) is 0 Å². The number of rotatable bonds is 6. The first kappa shape index (κ1) is 13.6.